The zero-order chi connectivity index (χ0) is 16.6. The van der Waals surface area contributed by atoms with Gasteiger partial charge in [0.25, 0.3) is 0 Å². The summed E-state index contributed by atoms with van der Waals surface area (Å²) < 4.78 is 7.52. The van der Waals surface area contributed by atoms with Gasteiger partial charge in [-0.2, -0.15) is 4.68 Å². The van der Waals surface area contributed by atoms with Crippen molar-refractivity contribution in [1.29, 1.82) is 0 Å². The molecule has 1 saturated heterocycles. The fourth-order valence-corrected chi connectivity index (χ4v) is 2.76. The second kappa shape index (κ2) is 5.96. The van der Waals surface area contributed by atoms with E-state index in [1.807, 2.05) is 39.0 Å². The Labute approximate surface area is 133 Å². The summed E-state index contributed by atoms with van der Waals surface area (Å²) in [6.45, 7) is 6.55. The molecule has 1 aromatic carbocycles. The fourth-order valence-electron chi connectivity index (χ4n) is 2.76. The van der Waals surface area contributed by atoms with Gasteiger partial charge in [0.15, 0.2) is 0 Å². The predicted molar refractivity (Wildman–Crippen MR) is 82.7 cm³/mol. The van der Waals surface area contributed by atoms with Crippen LogP contribution in [0.2, 0.25) is 0 Å². The largest absolute Gasteiger partial charge is 0.377 e. The molecule has 2 atom stereocenters. The molecule has 3 rings (SSSR count). The molecule has 2 heterocycles. The van der Waals surface area contributed by atoms with Crippen molar-refractivity contribution in [1.82, 2.24) is 24.7 Å². The smallest absolute Gasteiger partial charge is 0.372 e. The number of aryl methyl sites for hydroxylation is 1. The highest BCUT2D eigenvalue weighted by molar-refractivity contribution is 5.75. The lowest BCUT2D eigenvalue weighted by Gasteiger charge is -2.34. The minimum atomic E-state index is -0.576. The van der Waals surface area contributed by atoms with E-state index in [-0.39, 0.29) is 12.2 Å². The molecule has 0 aliphatic carbocycles. The van der Waals surface area contributed by atoms with Crippen LogP contribution in [0.5, 0.6) is 0 Å². The molecule has 2 aromatic rings. The number of nitrogens with zero attached hydrogens (tertiary/aromatic N) is 5. The van der Waals surface area contributed by atoms with Crippen LogP contribution in [-0.2, 0) is 4.74 Å². The fraction of sp³-hybridized carbons (Fsp3) is 0.467. The Hall–Kier alpha value is -2.48. The molecule has 0 radical (unpaired) electrons. The van der Waals surface area contributed by atoms with Gasteiger partial charge >= 0.3 is 11.7 Å². The molecule has 1 amide bonds. The molecular weight excluding hydrogens is 298 g/mol. The van der Waals surface area contributed by atoms with Gasteiger partial charge < -0.3 is 9.64 Å². The third-order valence-electron chi connectivity index (χ3n) is 3.70. The maximum absolute atomic E-state index is 12.5. The first-order valence-corrected chi connectivity index (χ1v) is 7.52. The van der Waals surface area contributed by atoms with Crippen molar-refractivity contribution in [3.63, 3.8) is 0 Å². The molecule has 0 bridgehead atoms. The van der Waals surface area contributed by atoms with Crippen LogP contribution in [0.3, 0.4) is 0 Å². The van der Waals surface area contributed by atoms with Gasteiger partial charge in [0.05, 0.1) is 17.9 Å². The molecule has 0 N–H and O–H groups in total. The van der Waals surface area contributed by atoms with Crippen molar-refractivity contribution in [2.24, 2.45) is 0 Å². The van der Waals surface area contributed by atoms with Crippen LogP contribution in [0.4, 0.5) is 4.79 Å². The van der Waals surface area contributed by atoms with Crippen LogP contribution in [-0.4, -0.2) is 56.0 Å². The molecule has 122 valence electrons. The minimum absolute atomic E-state index is 0.0785. The zero-order valence-corrected chi connectivity index (χ0v) is 13.3. The van der Waals surface area contributed by atoms with E-state index in [0.29, 0.717) is 18.8 Å². The lowest BCUT2D eigenvalue weighted by atomic mass is 10.2. The molecule has 1 fully saturated rings. The summed E-state index contributed by atoms with van der Waals surface area (Å²) in [5.41, 5.74) is 0.997. The maximum Gasteiger partial charge on any atom is 0.377 e. The van der Waals surface area contributed by atoms with Crippen LogP contribution in [0, 0.1) is 6.92 Å². The van der Waals surface area contributed by atoms with E-state index in [1.54, 1.807) is 11.0 Å². The SMILES string of the molecule is Cc1cccc(-n2nnn(C(=O)N3CC(C)OC(C)C3)c2=O)c1. The molecule has 1 aliphatic rings. The van der Waals surface area contributed by atoms with E-state index in [0.717, 1.165) is 14.9 Å². The molecule has 8 nitrogen and oxygen atoms in total. The van der Waals surface area contributed by atoms with Gasteiger partial charge in [0.1, 0.15) is 0 Å². The monoisotopic (exact) mass is 317 g/mol. The van der Waals surface area contributed by atoms with Crippen molar-refractivity contribution >= 4 is 6.03 Å². The number of hydrogen-bond acceptors (Lipinski definition) is 5. The number of rotatable bonds is 1. The van der Waals surface area contributed by atoms with Gasteiger partial charge in [-0.05, 0) is 48.9 Å². The topological polar surface area (TPSA) is 82.2 Å². The second-order valence-corrected chi connectivity index (χ2v) is 5.87. The number of aromatic nitrogens is 4. The Morgan fingerprint density at radius 1 is 1.22 bits per heavy atom. The Morgan fingerprint density at radius 2 is 1.91 bits per heavy atom. The van der Waals surface area contributed by atoms with Crippen molar-refractivity contribution < 1.29 is 9.53 Å². The average molecular weight is 317 g/mol. The standard InChI is InChI=1S/C15H19N5O3/c1-10-5-4-6-13(7-10)19-15(22)20(17-16-19)14(21)18-8-11(2)23-12(3)9-18/h4-7,11-12H,8-9H2,1-3H3. The molecule has 1 aromatic heterocycles. The minimum Gasteiger partial charge on any atom is -0.372 e. The summed E-state index contributed by atoms with van der Waals surface area (Å²) in [4.78, 5) is 26.6. The Balaban J connectivity index is 1.90. The van der Waals surface area contributed by atoms with Crippen LogP contribution >= 0.6 is 0 Å². The summed E-state index contributed by atoms with van der Waals surface area (Å²) in [6, 6.07) is 6.82. The normalized spacial score (nSPS) is 21.4. The molecule has 2 unspecified atom stereocenters. The lowest BCUT2D eigenvalue weighted by molar-refractivity contribution is -0.0547. The third kappa shape index (κ3) is 3.02. The first-order valence-electron chi connectivity index (χ1n) is 7.52. The Morgan fingerprint density at radius 3 is 2.57 bits per heavy atom. The predicted octanol–water partition coefficient (Wildman–Crippen LogP) is 0.815. The maximum atomic E-state index is 12.5. The zero-order valence-electron chi connectivity index (χ0n) is 13.3. The van der Waals surface area contributed by atoms with E-state index >= 15 is 0 Å². The van der Waals surface area contributed by atoms with Crippen LogP contribution in [0.15, 0.2) is 29.1 Å². The third-order valence-corrected chi connectivity index (χ3v) is 3.70. The Kier molecular flexibility index (Phi) is 3.99. The summed E-state index contributed by atoms with van der Waals surface area (Å²) in [5, 5.41) is 7.55. The number of amides is 1. The van der Waals surface area contributed by atoms with E-state index < -0.39 is 11.7 Å². The number of carbonyl (C=O) groups is 1. The summed E-state index contributed by atoms with van der Waals surface area (Å²) in [7, 11) is 0. The average Bonchev–Trinajstić information content (AvgIpc) is 2.87. The number of morpholine rings is 1. The molecule has 1 aliphatic heterocycles. The summed E-state index contributed by atoms with van der Waals surface area (Å²) in [5.74, 6) is 0. The number of tetrazole rings is 1. The molecule has 0 saturated carbocycles. The van der Waals surface area contributed by atoms with E-state index in [9.17, 15) is 9.59 Å². The summed E-state index contributed by atoms with van der Waals surface area (Å²) >= 11 is 0. The highest BCUT2D eigenvalue weighted by Gasteiger charge is 2.29. The molecular formula is C15H19N5O3. The highest BCUT2D eigenvalue weighted by Crippen LogP contribution is 2.11. The van der Waals surface area contributed by atoms with Gasteiger partial charge in [-0.1, -0.05) is 12.1 Å². The highest BCUT2D eigenvalue weighted by atomic mass is 16.5. The van der Waals surface area contributed by atoms with Crippen LogP contribution in [0.1, 0.15) is 19.4 Å². The quantitative estimate of drug-likeness (QED) is 0.727. The van der Waals surface area contributed by atoms with Gasteiger partial charge in [0, 0.05) is 13.1 Å². The van der Waals surface area contributed by atoms with Crippen molar-refractivity contribution in [2.75, 3.05) is 13.1 Å². The van der Waals surface area contributed by atoms with Gasteiger partial charge in [-0.3, -0.25) is 0 Å². The van der Waals surface area contributed by atoms with Crippen LogP contribution in [0.25, 0.3) is 5.69 Å². The molecule has 8 heteroatoms. The Bertz CT molecular complexity index is 771. The number of benzene rings is 1. The van der Waals surface area contributed by atoms with Crippen molar-refractivity contribution in [3.05, 3.63) is 40.3 Å². The number of carbonyl (C=O) groups excluding carboxylic acids is 1. The van der Waals surface area contributed by atoms with E-state index in [4.69, 9.17) is 4.74 Å². The first-order chi connectivity index (χ1) is 11.0. The number of hydrogen-bond donors (Lipinski definition) is 0. The summed E-state index contributed by atoms with van der Waals surface area (Å²) in [6.07, 6.45) is -0.157. The molecule has 0 spiro atoms. The lowest BCUT2D eigenvalue weighted by Crippen LogP contribution is -2.51. The number of ether oxygens (including phenoxy) is 1. The van der Waals surface area contributed by atoms with Crippen molar-refractivity contribution in [2.45, 2.75) is 33.0 Å². The first kappa shape index (κ1) is 15.4. The second-order valence-electron chi connectivity index (χ2n) is 5.87. The van der Waals surface area contributed by atoms with Gasteiger partial charge in [0.2, 0.25) is 0 Å². The van der Waals surface area contributed by atoms with Gasteiger partial charge in [-0.15, -0.1) is 4.68 Å². The van der Waals surface area contributed by atoms with Crippen LogP contribution < -0.4 is 5.69 Å². The van der Waals surface area contributed by atoms with Crippen molar-refractivity contribution in [3.8, 4) is 5.69 Å². The van der Waals surface area contributed by atoms with E-state index in [1.165, 1.54) is 0 Å². The van der Waals surface area contributed by atoms with Gasteiger partial charge in [-0.25, -0.2) is 9.59 Å². The van der Waals surface area contributed by atoms with E-state index in [2.05, 4.69) is 10.4 Å². The molecule has 23 heavy (non-hydrogen) atoms.